The highest BCUT2D eigenvalue weighted by Crippen LogP contribution is 2.40. The number of primary amides is 1. The Morgan fingerprint density at radius 2 is 2.06 bits per heavy atom. The van der Waals surface area contributed by atoms with Crippen LogP contribution < -0.4 is 20.9 Å². The molecule has 1 saturated carbocycles. The Hall–Kier alpha value is -2.76. The standard InChI is InChI=1S/C22H25F3N6OS/c1-27-18-16(5-4-8-22(18,24)25)31(2,3)21-14(23)10-13(19(26)32)20(30-21)29-12-6-7-15-17(9-12)33-11-28-15/h6-7,9-11,16,18,27H,4-5,8H2,1-3H3,(H2-,26,29,30,32)/p+1. The highest BCUT2D eigenvalue weighted by atomic mass is 32.1. The monoisotopic (exact) mass is 479 g/mol. The molecule has 1 aliphatic rings. The quantitative estimate of drug-likeness (QED) is 0.465. The number of rotatable bonds is 6. The van der Waals surface area contributed by atoms with Gasteiger partial charge in [0, 0.05) is 18.5 Å². The number of fused-ring (bicyclic) bond motifs is 1. The Labute approximate surface area is 193 Å². The molecule has 1 aliphatic carbocycles. The van der Waals surface area contributed by atoms with E-state index in [4.69, 9.17) is 5.73 Å². The van der Waals surface area contributed by atoms with Crippen LogP contribution in [0.1, 0.15) is 29.6 Å². The fraction of sp³-hybridized carbons (Fsp3) is 0.409. The molecule has 0 bridgehead atoms. The SMILES string of the molecule is CNC1C([N+](C)(C)c2nc(Nc3ccc4ncsc4c3)c(C(N)=O)cc2F)CCCC1(F)F. The summed E-state index contributed by atoms with van der Waals surface area (Å²) in [4.78, 5) is 20.7. The molecule has 176 valence electrons. The highest BCUT2D eigenvalue weighted by molar-refractivity contribution is 7.16. The number of nitrogens with one attached hydrogen (secondary N) is 2. The molecule has 1 fully saturated rings. The first kappa shape index (κ1) is 23.4. The molecule has 4 N–H and O–H groups in total. The number of nitrogens with two attached hydrogens (primary N) is 1. The molecule has 0 spiro atoms. The number of pyridine rings is 1. The number of aromatic nitrogens is 2. The van der Waals surface area contributed by atoms with E-state index in [0.717, 1.165) is 16.3 Å². The number of benzene rings is 1. The van der Waals surface area contributed by atoms with Crippen molar-refractivity contribution in [1.29, 1.82) is 0 Å². The lowest BCUT2D eigenvalue weighted by Gasteiger charge is -2.45. The molecule has 1 amide bonds. The van der Waals surface area contributed by atoms with Gasteiger partial charge in [0.2, 0.25) is 5.82 Å². The summed E-state index contributed by atoms with van der Waals surface area (Å²) in [7, 11) is 4.79. The van der Waals surface area contributed by atoms with Crippen LogP contribution in [0.15, 0.2) is 29.8 Å². The maximum absolute atomic E-state index is 15.2. The van der Waals surface area contributed by atoms with Crippen molar-refractivity contribution >= 4 is 44.8 Å². The molecule has 2 unspecified atom stereocenters. The molecule has 0 saturated heterocycles. The van der Waals surface area contributed by atoms with E-state index in [0.29, 0.717) is 18.5 Å². The number of likely N-dealkylation sites (N-methyl/N-ethyl adjacent to an activating group) is 2. The number of halogens is 3. The lowest BCUT2D eigenvalue weighted by molar-refractivity contribution is -0.0862. The maximum Gasteiger partial charge on any atom is 0.268 e. The van der Waals surface area contributed by atoms with E-state index in [9.17, 15) is 13.6 Å². The number of hydrogen-bond donors (Lipinski definition) is 3. The van der Waals surface area contributed by atoms with Crippen LogP contribution in [0.5, 0.6) is 0 Å². The molecule has 0 aliphatic heterocycles. The zero-order chi connectivity index (χ0) is 24.0. The van der Waals surface area contributed by atoms with Gasteiger partial charge in [-0.05, 0) is 37.7 Å². The Morgan fingerprint density at radius 3 is 2.76 bits per heavy atom. The number of alkyl halides is 2. The second-order valence-electron chi connectivity index (χ2n) is 8.74. The second kappa shape index (κ2) is 8.54. The fourth-order valence-electron chi connectivity index (χ4n) is 4.64. The van der Waals surface area contributed by atoms with Crippen LogP contribution in [-0.2, 0) is 0 Å². The van der Waals surface area contributed by atoms with Crippen LogP contribution in [0, 0.1) is 5.82 Å². The van der Waals surface area contributed by atoms with E-state index in [1.807, 2.05) is 12.1 Å². The lowest BCUT2D eigenvalue weighted by Crippen LogP contribution is -2.66. The van der Waals surface area contributed by atoms with Gasteiger partial charge >= 0.3 is 0 Å². The fourth-order valence-corrected chi connectivity index (χ4v) is 5.36. The van der Waals surface area contributed by atoms with Gasteiger partial charge in [0.1, 0.15) is 17.9 Å². The number of anilines is 2. The zero-order valence-electron chi connectivity index (χ0n) is 18.5. The molecular formula is C22H26F3N6OS+. The number of amides is 1. The van der Waals surface area contributed by atoms with Crippen molar-refractivity contribution in [1.82, 2.24) is 19.8 Å². The Balaban J connectivity index is 1.77. The van der Waals surface area contributed by atoms with Gasteiger partial charge in [0.25, 0.3) is 17.6 Å². The first-order chi connectivity index (χ1) is 15.5. The van der Waals surface area contributed by atoms with Crippen molar-refractivity contribution in [3.8, 4) is 0 Å². The van der Waals surface area contributed by atoms with E-state index in [2.05, 4.69) is 20.6 Å². The van der Waals surface area contributed by atoms with Crippen LogP contribution in [0.2, 0.25) is 0 Å². The van der Waals surface area contributed by atoms with Gasteiger partial charge < -0.3 is 16.4 Å². The Morgan fingerprint density at radius 1 is 1.30 bits per heavy atom. The van der Waals surface area contributed by atoms with E-state index in [1.165, 1.54) is 18.4 Å². The molecule has 4 rings (SSSR count). The molecule has 0 radical (unpaired) electrons. The van der Waals surface area contributed by atoms with Gasteiger partial charge in [-0.25, -0.2) is 13.8 Å². The van der Waals surface area contributed by atoms with Crippen LogP contribution in [-0.4, -0.2) is 55.0 Å². The zero-order valence-corrected chi connectivity index (χ0v) is 19.3. The lowest BCUT2D eigenvalue weighted by atomic mass is 9.85. The van der Waals surface area contributed by atoms with Gasteiger partial charge in [0.05, 0.1) is 35.4 Å². The molecule has 11 heteroatoms. The highest BCUT2D eigenvalue weighted by Gasteiger charge is 2.53. The van der Waals surface area contributed by atoms with E-state index < -0.39 is 29.7 Å². The summed E-state index contributed by atoms with van der Waals surface area (Å²) >= 11 is 1.45. The number of nitrogens with zero attached hydrogens (tertiary/aromatic N) is 3. The van der Waals surface area contributed by atoms with Crippen molar-refractivity contribution in [2.24, 2.45) is 5.73 Å². The topological polar surface area (TPSA) is 92.9 Å². The smallest absolute Gasteiger partial charge is 0.268 e. The summed E-state index contributed by atoms with van der Waals surface area (Å²) in [6.45, 7) is 0. The van der Waals surface area contributed by atoms with Crippen LogP contribution >= 0.6 is 11.3 Å². The average molecular weight is 480 g/mol. The van der Waals surface area contributed by atoms with Crippen molar-refractivity contribution in [3.63, 3.8) is 0 Å². The summed E-state index contributed by atoms with van der Waals surface area (Å²) < 4.78 is 45.2. The summed E-state index contributed by atoms with van der Waals surface area (Å²) in [5.74, 6) is -4.54. The predicted octanol–water partition coefficient (Wildman–Crippen LogP) is 4.02. The number of carbonyl (C=O) groups excluding carboxylic acids is 1. The number of thiazole rings is 1. The van der Waals surface area contributed by atoms with Gasteiger partial charge in [-0.1, -0.05) is 0 Å². The second-order valence-corrected chi connectivity index (χ2v) is 9.63. The molecule has 1 aromatic carbocycles. The minimum absolute atomic E-state index is 0.0516. The average Bonchev–Trinajstić information content (AvgIpc) is 3.21. The molecule has 2 aromatic heterocycles. The van der Waals surface area contributed by atoms with E-state index in [-0.39, 0.29) is 28.1 Å². The van der Waals surface area contributed by atoms with E-state index in [1.54, 1.807) is 25.7 Å². The van der Waals surface area contributed by atoms with Crippen molar-refractivity contribution in [3.05, 3.63) is 41.2 Å². The van der Waals surface area contributed by atoms with Crippen molar-refractivity contribution in [2.75, 3.05) is 26.5 Å². The summed E-state index contributed by atoms with van der Waals surface area (Å²) in [5.41, 5.74) is 8.51. The summed E-state index contributed by atoms with van der Waals surface area (Å²) in [5, 5.41) is 5.77. The molecule has 33 heavy (non-hydrogen) atoms. The first-order valence-electron chi connectivity index (χ1n) is 10.5. The molecule has 2 atom stereocenters. The van der Waals surface area contributed by atoms with Crippen molar-refractivity contribution in [2.45, 2.75) is 37.3 Å². The molecule has 2 heterocycles. The van der Waals surface area contributed by atoms with Crippen LogP contribution in [0.3, 0.4) is 0 Å². The molecular weight excluding hydrogens is 453 g/mol. The number of carbonyl (C=O) groups is 1. The minimum Gasteiger partial charge on any atom is -0.365 e. The van der Waals surface area contributed by atoms with Gasteiger partial charge in [-0.3, -0.25) is 9.28 Å². The van der Waals surface area contributed by atoms with Crippen LogP contribution in [0.4, 0.5) is 30.5 Å². The molecule has 3 aromatic rings. The third-order valence-corrected chi connectivity index (χ3v) is 7.14. The third kappa shape index (κ3) is 4.28. The number of hydrogen-bond acceptors (Lipinski definition) is 6. The van der Waals surface area contributed by atoms with Gasteiger partial charge in [-0.15, -0.1) is 11.3 Å². The molecule has 7 nitrogen and oxygen atoms in total. The normalized spacial score (nSPS) is 20.7. The Bertz CT molecular complexity index is 1200. The van der Waals surface area contributed by atoms with Crippen molar-refractivity contribution < 1.29 is 18.0 Å². The number of quaternary nitrogens is 1. The van der Waals surface area contributed by atoms with Gasteiger partial charge in [-0.2, -0.15) is 9.37 Å². The Kier molecular flexibility index (Phi) is 6.06. The summed E-state index contributed by atoms with van der Waals surface area (Å²) in [6.07, 6.45) is 0.564. The maximum atomic E-state index is 15.2. The van der Waals surface area contributed by atoms with E-state index >= 15 is 4.39 Å². The summed E-state index contributed by atoms with van der Waals surface area (Å²) in [6, 6.07) is 4.64. The first-order valence-corrected chi connectivity index (χ1v) is 11.4. The minimum atomic E-state index is -2.93. The predicted molar refractivity (Wildman–Crippen MR) is 125 cm³/mol. The largest absolute Gasteiger partial charge is 0.365 e. The third-order valence-electron chi connectivity index (χ3n) is 6.35. The van der Waals surface area contributed by atoms with Crippen LogP contribution in [0.25, 0.3) is 10.2 Å². The van der Waals surface area contributed by atoms with Gasteiger partial charge in [0.15, 0.2) is 0 Å².